The molecule has 0 aromatic heterocycles. The van der Waals surface area contributed by atoms with Crippen LogP contribution in [0.1, 0.15) is 52.9 Å². The van der Waals surface area contributed by atoms with Gasteiger partial charge in [0.1, 0.15) is 0 Å². The zero-order valence-corrected chi connectivity index (χ0v) is 9.64. The highest BCUT2D eigenvalue weighted by Crippen LogP contribution is 2.49. The first kappa shape index (κ1) is 10.2. The molecule has 0 radical (unpaired) electrons. The highest BCUT2D eigenvalue weighted by Gasteiger charge is 2.41. The summed E-state index contributed by atoms with van der Waals surface area (Å²) in [5.41, 5.74) is 1.55. The fourth-order valence-corrected chi connectivity index (χ4v) is 3.20. The Hall–Kier alpha value is -0.300. The number of allylic oxidation sites excluding steroid dienone is 1. The Morgan fingerprint density at radius 3 is 2.71 bits per heavy atom. The van der Waals surface area contributed by atoms with E-state index in [1.54, 1.807) is 0 Å². The average molecular weight is 194 g/mol. The summed E-state index contributed by atoms with van der Waals surface area (Å²) >= 11 is 0. The zero-order valence-electron chi connectivity index (χ0n) is 9.64. The van der Waals surface area contributed by atoms with Crippen LogP contribution in [0.2, 0.25) is 0 Å². The molecule has 0 aromatic carbocycles. The van der Waals surface area contributed by atoms with Crippen molar-refractivity contribution in [1.82, 2.24) is 0 Å². The summed E-state index contributed by atoms with van der Waals surface area (Å²) in [6, 6.07) is 0. The Kier molecular flexibility index (Phi) is 2.26. The minimum Gasteiger partial charge on any atom is -0.390 e. The van der Waals surface area contributed by atoms with E-state index in [-0.39, 0.29) is 0 Å². The van der Waals surface area contributed by atoms with E-state index in [2.05, 4.69) is 19.9 Å². The predicted molar refractivity (Wildman–Crippen MR) is 59.1 cm³/mol. The maximum Gasteiger partial charge on any atom is 0.0657 e. The predicted octanol–water partition coefficient (Wildman–Crippen LogP) is 3.28. The molecule has 0 spiro atoms. The molecule has 1 N–H and O–H groups in total. The van der Waals surface area contributed by atoms with Crippen LogP contribution in [-0.4, -0.2) is 10.7 Å². The summed E-state index contributed by atoms with van der Waals surface area (Å²) < 4.78 is 0. The molecule has 2 rings (SSSR count). The van der Waals surface area contributed by atoms with Gasteiger partial charge in [-0.3, -0.25) is 0 Å². The Bertz CT molecular complexity index is 260. The number of aliphatic hydroxyl groups is 1. The van der Waals surface area contributed by atoms with Crippen LogP contribution in [0.15, 0.2) is 11.6 Å². The standard InChI is InChI=1S/C13H22O/c1-12(2)7-4-5-10-9-13(3,14)8-6-11(10)12/h5,11,14H,4,6-9H2,1-3H3/t11-,13+/m1/s1. The fraction of sp³-hybridized carbons (Fsp3) is 0.846. The lowest BCUT2D eigenvalue weighted by Gasteiger charge is -2.46. The molecule has 0 aromatic rings. The fourth-order valence-electron chi connectivity index (χ4n) is 3.20. The van der Waals surface area contributed by atoms with Crippen molar-refractivity contribution < 1.29 is 5.11 Å². The largest absolute Gasteiger partial charge is 0.390 e. The first-order valence-corrected chi connectivity index (χ1v) is 5.82. The van der Waals surface area contributed by atoms with Gasteiger partial charge in [0.15, 0.2) is 0 Å². The maximum absolute atomic E-state index is 10.0. The summed E-state index contributed by atoms with van der Waals surface area (Å²) in [6.07, 6.45) is 7.94. The van der Waals surface area contributed by atoms with E-state index in [1.807, 2.05) is 6.92 Å². The van der Waals surface area contributed by atoms with Gasteiger partial charge < -0.3 is 5.11 Å². The molecule has 1 saturated carbocycles. The quantitative estimate of drug-likeness (QED) is 0.587. The molecule has 14 heavy (non-hydrogen) atoms. The van der Waals surface area contributed by atoms with Gasteiger partial charge in [-0.1, -0.05) is 25.5 Å². The molecule has 1 fully saturated rings. The highest BCUT2D eigenvalue weighted by molar-refractivity contribution is 5.19. The molecule has 0 bridgehead atoms. The molecule has 80 valence electrons. The number of hydrogen-bond donors (Lipinski definition) is 1. The van der Waals surface area contributed by atoms with Crippen LogP contribution in [-0.2, 0) is 0 Å². The second-order valence-corrected chi connectivity index (χ2v) is 6.07. The Morgan fingerprint density at radius 2 is 2.00 bits per heavy atom. The van der Waals surface area contributed by atoms with Gasteiger partial charge in [0, 0.05) is 0 Å². The lowest BCUT2D eigenvalue weighted by Crippen LogP contribution is -2.39. The summed E-state index contributed by atoms with van der Waals surface area (Å²) in [4.78, 5) is 0. The Morgan fingerprint density at radius 1 is 1.29 bits per heavy atom. The molecule has 1 nitrogen and oxygen atoms in total. The number of fused-ring (bicyclic) bond motifs is 1. The van der Waals surface area contributed by atoms with Gasteiger partial charge >= 0.3 is 0 Å². The minimum atomic E-state index is -0.435. The summed E-state index contributed by atoms with van der Waals surface area (Å²) in [7, 11) is 0. The van der Waals surface area contributed by atoms with Crippen molar-refractivity contribution in [2.75, 3.05) is 0 Å². The molecule has 2 aliphatic carbocycles. The molecule has 2 atom stereocenters. The zero-order chi connectivity index (χ0) is 10.4. The Labute approximate surface area is 87.2 Å². The smallest absolute Gasteiger partial charge is 0.0657 e. The normalized spacial score (nSPS) is 41.4. The molecule has 0 heterocycles. The van der Waals surface area contributed by atoms with Gasteiger partial charge in [-0.25, -0.2) is 0 Å². The van der Waals surface area contributed by atoms with Crippen molar-refractivity contribution >= 4 is 0 Å². The SMILES string of the molecule is CC1(C)CCC=C2C[C@@](C)(O)CC[C@H]21. The van der Waals surface area contributed by atoms with Crippen molar-refractivity contribution in [3.05, 3.63) is 11.6 Å². The monoisotopic (exact) mass is 194 g/mol. The molecular weight excluding hydrogens is 172 g/mol. The van der Waals surface area contributed by atoms with Crippen molar-refractivity contribution in [3.63, 3.8) is 0 Å². The second-order valence-electron chi connectivity index (χ2n) is 6.07. The average Bonchev–Trinajstić information content (AvgIpc) is 2.00. The summed E-state index contributed by atoms with van der Waals surface area (Å²) in [5.74, 6) is 0.733. The van der Waals surface area contributed by atoms with Gasteiger partial charge in [0.05, 0.1) is 5.60 Å². The van der Waals surface area contributed by atoms with E-state index in [0.717, 1.165) is 18.8 Å². The lowest BCUT2D eigenvalue weighted by atomic mass is 9.61. The molecule has 2 aliphatic rings. The third-order valence-electron chi connectivity index (χ3n) is 4.14. The molecule has 1 heteroatoms. The van der Waals surface area contributed by atoms with Crippen molar-refractivity contribution in [1.29, 1.82) is 0 Å². The summed E-state index contributed by atoms with van der Waals surface area (Å²) in [5, 5.41) is 10.0. The van der Waals surface area contributed by atoms with Crippen LogP contribution in [0, 0.1) is 11.3 Å². The molecule has 0 aliphatic heterocycles. The van der Waals surface area contributed by atoms with Crippen molar-refractivity contribution in [3.8, 4) is 0 Å². The van der Waals surface area contributed by atoms with E-state index >= 15 is 0 Å². The van der Waals surface area contributed by atoms with Gasteiger partial charge in [0.25, 0.3) is 0 Å². The van der Waals surface area contributed by atoms with E-state index in [4.69, 9.17) is 0 Å². The van der Waals surface area contributed by atoms with E-state index in [9.17, 15) is 5.11 Å². The topological polar surface area (TPSA) is 20.2 Å². The first-order valence-electron chi connectivity index (χ1n) is 5.82. The Balaban J connectivity index is 2.22. The maximum atomic E-state index is 10.0. The third-order valence-corrected chi connectivity index (χ3v) is 4.14. The highest BCUT2D eigenvalue weighted by atomic mass is 16.3. The van der Waals surface area contributed by atoms with Crippen LogP contribution < -0.4 is 0 Å². The van der Waals surface area contributed by atoms with Gasteiger partial charge in [0.2, 0.25) is 0 Å². The first-order chi connectivity index (χ1) is 6.41. The van der Waals surface area contributed by atoms with Crippen LogP contribution in [0.3, 0.4) is 0 Å². The molecule has 0 amide bonds. The molecular formula is C13H22O. The van der Waals surface area contributed by atoms with Crippen molar-refractivity contribution in [2.24, 2.45) is 11.3 Å². The molecule has 0 unspecified atom stereocenters. The van der Waals surface area contributed by atoms with Crippen LogP contribution in [0.4, 0.5) is 0 Å². The van der Waals surface area contributed by atoms with Gasteiger partial charge in [-0.05, 0) is 50.4 Å². The van der Waals surface area contributed by atoms with Gasteiger partial charge in [-0.15, -0.1) is 0 Å². The number of hydrogen-bond acceptors (Lipinski definition) is 1. The van der Waals surface area contributed by atoms with Crippen molar-refractivity contribution in [2.45, 2.75) is 58.5 Å². The van der Waals surface area contributed by atoms with Gasteiger partial charge in [-0.2, -0.15) is 0 Å². The lowest BCUT2D eigenvalue weighted by molar-refractivity contribution is 0.0106. The van der Waals surface area contributed by atoms with Crippen LogP contribution >= 0.6 is 0 Å². The number of rotatable bonds is 0. The second kappa shape index (κ2) is 3.10. The minimum absolute atomic E-state index is 0.435. The summed E-state index contributed by atoms with van der Waals surface area (Å²) in [6.45, 7) is 6.74. The van der Waals surface area contributed by atoms with E-state index in [1.165, 1.54) is 24.8 Å². The van der Waals surface area contributed by atoms with E-state index in [0.29, 0.717) is 5.41 Å². The van der Waals surface area contributed by atoms with Crippen LogP contribution in [0.25, 0.3) is 0 Å². The molecule has 0 saturated heterocycles. The van der Waals surface area contributed by atoms with Crippen LogP contribution in [0.5, 0.6) is 0 Å². The third kappa shape index (κ3) is 1.75. The van der Waals surface area contributed by atoms with E-state index < -0.39 is 5.60 Å².